The van der Waals surface area contributed by atoms with E-state index in [0.717, 1.165) is 5.69 Å². The molecule has 0 aliphatic rings. The van der Waals surface area contributed by atoms with E-state index in [9.17, 15) is 0 Å². The summed E-state index contributed by atoms with van der Waals surface area (Å²) in [5.41, 5.74) is 2.31. The molecule has 1 heterocycles. The van der Waals surface area contributed by atoms with Gasteiger partial charge in [-0.05, 0) is 24.3 Å². The van der Waals surface area contributed by atoms with E-state index in [1.807, 2.05) is 0 Å². The van der Waals surface area contributed by atoms with Crippen molar-refractivity contribution in [3.63, 3.8) is 0 Å². The van der Waals surface area contributed by atoms with Gasteiger partial charge in [0.1, 0.15) is 0 Å². The number of aryl methyl sites for hydroxylation is 1. The van der Waals surface area contributed by atoms with Gasteiger partial charge in [0.15, 0.2) is 0 Å². The van der Waals surface area contributed by atoms with E-state index in [0.29, 0.717) is 5.92 Å². The number of hydrogen-bond donors (Lipinski definition) is 0. The average molecular weight is 185 g/mol. The number of fused-ring (bicyclic) bond motifs is 1. The molecule has 0 spiro atoms. The molecule has 0 N–H and O–H groups in total. The molecule has 1 aromatic heterocycles. The SMILES string of the molecule is Cc1cc2ccccc2c(C(C)C)n1. The molecule has 0 atom stereocenters. The van der Waals surface area contributed by atoms with Crippen LogP contribution < -0.4 is 0 Å². The molecule has 1 heteroatoms. The fourth-order valence-electron chi connectivity index (χ4n) is 1.80. The molecule has 1 aromatic carbocycles. The Balaban J connectivity index is 2.80. The van der Waals surface area contributed by atoms with Crippen molar-refractivity contribution < 1.29 is 0 Å². The second-order valence-electron chi connectivity index (χ2n) is 4.02. The first-order chi connectivity index (χ1) is 6.68. The molecule has 0 amide bonds. The first kappa shape index (κ1) is 9.20. The van der Waals surface area contributed by atoms with Crippen molar-refractivity contribution in [2.24, 2.45) is 0 Å². The van der Waals surface area contributed by atoms with Crippen LogP contribution in [-0.4, -0.2) is 4.98 Å². The minimum absolute atomic E-state index is 0.486. The van der Waals surface area contributed by atoms with Crippen LogP contribution in [0.25, 0.3) is 10.8 Å². The Morgan fingerprint density at radius 2 is 1.86 bits per heavy atom. The molecule has 0 aliphatic carbocycles. The Kier molecular flexibility index (Phi) is 2.24. The minimum Gasteiger partial charge on any atom is -0.257 e. The van der Waals surface area contributed by atoms with E-state index in [1.165, 1.54) is 16.5 Å². The third kappa shape index (κ3) is 1.50. The van der Waals surface area contributed by atoms with Crippen molar-refractivity contribution in [1.29, 1.82) is 0 Å². The average Bonchev–Trinajstić information content (AvgIpc) is 2.16. The summed E-state index contributed by atoms with van der Waals surface area (Å²) in [6.45, 7) is 6.43. The lowest BCUT2D eigenvalue weighted by atomic mass is 10.0. The molecule has 2 rings (SSSR count). The topological polar surface area (TPSA) is 12.9 Å². The predicted octanol–water partition coefficient (Wildman–Crippen LogP) is 3.67. The summed E-state index contributed by atoms with van der Waals surface area (Å²) in [4.78, 5) is 4.60. The molecule has 0 bridgehead atoms. The third-order valence-electron chi connectivity index (χ3n) is 2.44. The number of pyridine rings is 1. The lowest BCUT2D eigenvalue weighted by Crippen LogP contribution is -1.96. The van der Waals surface area contributed by atoms with Crippen LogP contribution >= 0.6 is 0 Å². The predicted molar refractivity (Wildman–Crippen MR) is 60.6 cm³/mol. The van der Waals surface area contributed by atoms with Crippen LogP contribution in [0.4, 0.5) is 0 Å². The molecule has 14 heavy (non-hydrogen) atoms. The Hall–Kier alpha value is -1.37. The van der Waals surface area contributed by atoms with Crippen molar-refractivity contribution in [3.8, 4) is 0 Å². The van der Waals surface area contributed by atoms with Gasteiger partial charge in [-0.1, -0.05) is 38.1 Å². The molecule has 0 unspecified atom stereocenters. The molecule has 72 valence electrons. The van der Waals surface area contributed by atoms with E-state index in [2.05, 4.69) is 56.1 Å². The van der Waals surface area contributed by atoms with Gasteiger partial charge >= 0.3 is 0 Å². The van der Waals surface area contributed by atoms with Crippen LogP contribution in [0.1, 0.15) is 31.2 Å². The van der Waals surface area contributed by atoms with Crippen LogP contribution in [0.5, 0.6) is 0 Å². The maximum atomic E-state index is 4.60. The minimum atomic E-state index is 0.486. The van der Waals surface area contributed by atoms with Crippen molar-refractivity contribution in [2.75, 3.05) is 0 Å². The summed E-state index contributed by atoms with van der Waals surface area (Å²) >= 11 is 0. The van der Waals surface area contributed by atoms with E-state index >= 15 is 0 Å². The van der Waals surface area contributed by atoms with Gasteiger partial charge in [-0.2, -0.15) is 0 Å². The molecule has 0 fully saturated rings. The van der Waals surface area contributed by atoms with Crippen molar-refractivity contribution in [3.05, 3.63) is 41.7 Å². The van der Waals surface area contributed by atoms with E-state index in [-0.39, 0.29) is 0 Å². The van der Waals surface area contributed by atoms with E-state index < -0.39 is 0 Å². The fraction of sp³-hybridized carbons (Fsp3) is 0.308. The number of benzene rings is 1. The zero-order valence-corrected chi connectivity index (χ0v) is 8.91. The van der Waals surface area contributed by atoms with Gasteiger partial charge in [0, 0.05) is 11.1 Å². The van der Waals surface area contributed by atoms with Gasteiger partial charge in [-0.25, -0.2) is 0 Å². The lowest BCUT2D eigenvalue weighted by molar-refractivity contribution is 0.828. The molecule has 0 saturated heterocycles. The van der Waals surface area contributed by atoms with Gasteiger partial charge in [0.2, 0.25) is 0 Å². The van der Waals surface area contributed by atoms with Crippen LogP contribution in [0.3, 0.4) is 0 Å². The highest BCUT2D eigenvalue weighted by Gasteiger charge is 2.06. The molecule has 1 nitrogen and oxygen atoms in total. The van der Waals surface area contributed by atoms with Gasteiger partial charge in [0.25, 0.3) is 0 Å². The number of hydrogen-bond acceptors (Lipinski definition) is 1. The highest BCUT2D eigenvalue weighted by atomic mass is 14.7. The monoisotopic (exact) mass is 185 g/mol. The Bertz CT molecular complexity index is 458. The number of nitrogens with zero attached hydrogens (tertiary/aromatic N) is 1. The standard InChI is InChI=1S/C13H15N/c1-9(2)13-12-7-5-4-6-11(12)8-10(3)14-13/h4-9H,1-3H3. The first-order valence-corrected chi connectivity index (χ1v) is 5.05. The Morgan fingerprint density at radius 1 is 1.14 bits per heavy atom. The largest absolute Gasteiger partial charge is 0.257 e. The van der Waals surface area contributed by atoms with Crippen LogP contribution in [0, 0.1) is 6.92 Å². The highest BCUT2D eigenvalue weighted by Crippen LogP contribution is 2.23. The van der Waals surface area contributed by atoms with Crippen molar-refractivity contribution >= 4 is 10.8 Å². The zero-order valence-electron chi connectivity index (χ0n) is 8.91. The van der Waals surface area contributed by atoms with Crippen molar-refractivity contribution in [1.82, 2.24) is 4.98 Å². The van der Waals surface area contributed by atoms with Crippen LogP contribution in [-0.2, 0) is 0 Å². The molecular formula is C13H15N. The third-order valence-corrected chi connectivity index (χ3v) is 2.44. The van der Waals surface area contributed by atoms with E-state index in [1.54, 1.807) is 0 Å². The molecule has 0 radical (unpaired) electrons. The lowest BCUT2D eigenvalue weighted by Gasteiger charge is -2.09. The number of aromatic nitrogens is 1. The number of rotatable bonds is 1. The quantitative estimate of drug-likeness (QED) is 0.660. The maximum absolute atomic E-state index is 4.60. The van der Waals surface area contributed by atoms with Crippen molar-refractivity contribution in [2.45, 2.75) is 26.7 Å². The highest BCUT2D eigenvalue weighted by molar-refractivity contribution is 5.85. The summed E-state index contributed by atoms with van der Waals surface area (Å²) in [5, 5.41) is 2.58. The molecule has 0 saturated carbocycles. The first-order valence-electron chi connectivity index (χ1n) is 5.05. The van der Waals surface area contributed by atoms with Gasteiger partial charge in [-0.3, -0.25) is 4.98 Å². The van der Waals surface area contributed by atoms with Crippen LogP contribution in [0.15, 0.2) is 30.3 Å². The zero-order chi connectivity index (χ0) is 10.1. The summed E-state index contributed by atoms with van der Waals surface area (Å²) in [5.74, 6) is 0.486. The van der Waals surface area contributed by atoms with Gasteiger partial charge in [-0.15, -0.1) is 0 Å². The Morgan fingerprint density at radius 3 is 2.57 bits per heavy atom. The smallest absolute Gasteiger partial charge is 0.0510 e. The van der Waals surface area contributed by atoms with Gasteiger partial charge < -0.3 is 0 Å². The maximum Gasteiger partial charge on any atom is 0.0510 e. The summed E-state index contributed by atoms with van der Waals surface area (Å²) in [6.07, 6.45) is 0. The fourth-order valence-corrected chi connectivity index (χ4v) is 1.80. The molecule has 0 aliphatic heterocycles. The second kappa shape index (κ2) is 3.41. The Labute approximate surface area is 84.8 Å². The van der Waals surface area contributed by atoms with Gasteiger partial charge in [0.05, 0.1) is 5.69 Å². The summed E-state index contributed by atoms with van der Waals surface area (Å²) in [6, 6.07) is 10.6. The normalized spacial score (nSPS) is 11.1. The molecular weight excluding hydrogens is 170 g/mol. The summed E-state index contributed by atoms with van der Waals surface area (Å²) < 4.78 is 0. The second-order valence-corrected chi connectivity index (χ2v) is 4.02. The van der Waals surface area contributed by atoms with E-state index in [4.69, 9.17) is 0 Å². The van der Waals surface area contributed by atoms with Crippen LogP contribution in [0.2, 0.25) is 0 Å². The summed E-state index contributed by atoms with van der Waals surface area (Å²) in [7, 11) is 0. The molecule has 2 aromatic rings.